The van der Waals surface area contributed by atoms with Gasteiger partial charge in [-0.3, -0.25) is 4.79 Å². The number of nitrogens with one attached hydrogen (secondary N) is 1. The summed E-state index contributed by atoms with van der Waals surface area (Å²) < 4.78 is 0. The van der Waals surface area contributed by atoms with Gasteiger partial charge in [0.15, 0.2) is 0 Å². The van der Waals surface area contributed by atoms with Crippen molar-refractivity contribution in [2.24, 2.45) is 0 Å². The van der Waals surface area contributed by atoms with Crippen LogP contribution in [0.5, 0.6) is 0 Å². The van der Waals surface area contributed by atoms with E-state index < -0.39 is 0 Å². The maximum atomic E-state index is 12.0. The molecule has 122 valence electrons. The zero-order valence-corrected chi connectivity index (χ0v) is 14.3. The molecule has 0 bridgehead atoms. The van der Waals surface area contributed by atoms with Crippen molar-refractivity contribution in [3.63, 3.8) is 0 Å². The van der Waals surface area contributed by atoms with Crippen molar-refractivity contribution < 1.29 is 4.79 Å². The van der Waals surface area contributed by atoms with E-state index >= 15 is 0 Å². The SMILES string of the molecule is CCN(c1ccccc1)c1ccc(NC(=O)Cc2cccs2)cn1. The number of amides is 1. The van der Waals surface area contributed by atoms with Gasteiger partial charge in [-0.1, -0.05) is 24.3 Å². The molecule has 1 aromatic carbocycles. The summed E-state index contributed by atoms with van der Waals surface area (Å²) in [5.74, 6) is 0.836. The van der Waals surface area contributed by atoms with E-state index in [1.807, 2.05) is 47.8 Å². The van der Waals surface area contributed by atoms with Crippen LogP contribution in [0.25, 0.3) is 0 Å². The van der Waals surface area contributed by atoms with E-state index in [1.54, 1.807) is 17.5 Å². The van der Waals surface area contributed by atoms with E-state index in [9.17, 15) is 4.79 Å². The van der Waals surface area contributed by atoms with Crippen molar-refractivity contribution in [3.05, 3.63) is 71.1 Å². The Morgan fingerprint density at radius 1 is 1.12 bits per heavy atom. The van der Waals surface area contributed by atoms with Gasteiger partial charge in [0.05, 0.1) is 18.3 Å². The molecule has 0 aliphatic heterocycles. The second kappa shape index (κ2) is 7.75. The molecule has 2 aromatic heterocycles. The fourth-order valence-corrected chi connectivity index (χ4v) is 3.18. The summed E-state index contributed by atoms with van der Waals surface area (Å²) in [7, 11) is 0. The van der Waals surface area contributed by atoms with Gasteiger partial charge in [0.2, 0.25) is 5.91 Å². The number of aromatic nitrogens is 1. The number of benzene rings is 1. The summed E-state index contributed by atoms with van der Waals surface area (Å²) in [4.78, 5) is 19.7. The van der Waals surface area contributed by atoms with Crippen molar-refractivity contribution in [2.75, 3.05) is 16.8 Å². The third-order valence-corrected chi connectivity index (χ3v) is 4.48. The molecule has 0 aliphatic carbocycles. The van der Waals surface area contributed by atoms with Gasteiger partial charge in [-0.25, -0.2) is 4.98 Å². The Hall–Kier alpha value is -2.66. The maximum Gasteiger partial charge on any atom is 0.229 e. The Labute approximate surface area is 145 Å². The highest BCUT2D eigenvalue weighted by Gasteiger charge is 2.09. The fourth-order valence-electron chi connectivity index (χ4n) is 2.48. The quantitative estimate of drug-likeness (QED) is 0.721. The van der Waals surface area contributed by atoms with Crippen LogP contribution >= 0.6 is 11.3 Å². The van der Waals surface area contributed by atoms with Gasteiger partial charge in [-0.15, -0.1) is 11.3 Å². The van der Waals surface area contributed by atoms with Crippen molar-refractivity contribution in [1.29, 1.82) is 0 Å². The third-order valence-electron chi connectivity index (χ3n) is 3.61. The molecule has 0 saturated carbocycles. The summed E-state index contributed by atoms with van der Waals surface area (Å²) in [6.45, 7) is 2.91. The second-order valence-corrected chi connectivity index (χ2v) is 6.32. The molecule has 24 heavy (non-hydrogen) atoms. The summed E-state index contributed by atoms with van der Waals surface area (Å²) in [5.41, 5.74) is 1.81. The smallest absolute Gasteiger partial charge is 0.229 e. The van der Waals surface area contributed by atoms with E-state index in [0.29, 0.717) is 12.1 Å². The van der Waals surface area contributed by atoms with E-state index in [0.717, 1.165) is 22.9 Å². The van der Waals surface area contributed by atoms with Crippen molar-refractivity contribution in [3.8, 4) is 0 Å². The van der Waals surface area contributed by atoms with Crippen LogP contribution in [-0.2, 0) is 11.2 Å². The lowest BCUT2D eigenvalue weighted by Crippen LogP contribution is -2.18. The molecule has 2 heterocycles. The molecule has 5 heteroatoms. The van der Waals surface area contributed by atoms with Crippen LogP contribution in [0.3, 0.4) is 0 Å². The van der Waals surface area contributed by atoms with Gasteiger partial charge in [0, 0.05) is 17.1 Å². The van der Waals surface area contributed by atoms with Crippen molar-refractivity contribution in [1.82, 2.24) is 4.98 Å². The molecular weight excluding hydrogens is 318 g/mol. The van der Waals surface area contributed by atoms with Gasteiger partial charge < -0.3 is 10.2 Å². The molecule has 0 fully saturated rings. The minimum Gasteiger partial charge on any atom is -0.327 e. The van der Waals surface area contributed by atoms with Crippen LogP contribution in [0.2, 0.25) is 0 Å². The molecule has 4 nitrogen and oxygen atoms in total. The van der Waals surface area contributed by atoms with E-state index in [-0.39, 0.29) is 5.91 Å². The predicted octanol–water partition coefficient (Wildman–Crippen LogP) is 4.48. The Morgan fingerprint density at radius 3 is 2.58 bits per heavy atom. The normalized spacial score (nSPS) is 10.4. The molecule has 0 aliphatic rings. The zero-order chi connectivity index (χ0) is 16.8. The zero-order valence-electron chi connectivity index (χ0n) is 13.5. The number of carbonyl (C=O) groups excluding carboxylic acids is 1. The molecular formula is C19H19N3OS. The average molecular weight is 337 g/mol. The molecule has 0 unspecified atom stereocenters. The first-order valence-electron chi connectivity index (χ1n) is 7.87. The first-order chi connectivity index (χ1) is 11.8. The number of hydrogen-bond acceptors (Lipinski definition) is 4. The van der Waals surface area contributed by atoms with Gasteiger partial charge in [-0.2, -0.15) is 0 Å². The summed E-state index contributed by atoms with van der Waals surface area (Å²) in [6, 6.07) is 17.9. The molecule has 0 saturated heterocycles. The van der Waals surface area contributed by atoms with E-state index in [4.69, 9.17) is 0 Å². The Bertz CT molecular complexity index is 770. The van der Waals surface area contributed by atoms with Gasteiger partial charge in [-0.05, 0) is 42.6 Å². The third kappa shape index (κ3) is 4.00. The summed E-state index contributed by atoms with van der Waals surface area (Å²) in [6.07, 6.45) is 2.10. The van der Waals surface area contributed by atoms with Gasteiger partial charge >= 0.3 is 0 Å². The van der Waals surface area contributed by atoms with Gasteiger partial charge in [0.25, 0.3) is 0 Å². The number of thiophene rings is 1. The van der Waals surface area contributed by atoms with Crippen molar-refractivity contribution in [2.45, 2.75) is 13.3 Å². The summed E-state index contributed by atoms with van der Waals surface area (Å²) in [5, 5.41) is 4.86. The van der Waals surface area contributed by atoms with E-state index in [2.05, 4.69) is 34.3 Å². The number of anilines is 3. The highest BCUT2D eigenvalue weighted by Crippen LogP contribution is 2.23. The van der Waals surface area contributed by atoms with Crippen LogP contribution < -0.4 is 10.2 Å². The second-order valence-electron chi connectivity index (χ2n) is 5.29. The number of nitrogens with zero attached hydrogens (tertiary/aromatic N) is 2. The Kier molecular flexibility index (Phi) is 5.23. The number of pyridine rings is 1. The molecule has 3 aromatic rings. The summed E-state index contributed by atoms with van der Waals surface area (Å²) >= 11 is 1.59. The lowest BCUT2D eigenvalue weighted by molar-refractivity contribution is -0.115. The van der Waals surface area contributed by atoms with Crippen LogP contribution in [0, 0.1) is 0 Å². The molecule has 0 radical (unpaired) electrons. The first kappa shape index (κ1) is 16.2. The molecule has 3 rings (SSSR count). The standard InChI is InChI=1S/C19H19N3OS/c1-2-22(16-7-4-3-5-8-16)18-11-10-15(14-20-18)21-19(23)13-17-9-6-12-24-17/h3-12,14H,2,13H2,1H3,(H,21,23). The monoisotopic (exact) mass is 337 g/mol. The lowest BCUT2D eigenvalue weighted by Gasteiger charge is -2.22. The molecule has 0 spiro atoms. The van der Waals surface area contributed by atoms with Crippen LogP contribution in [-0.4, -0.2) is 17.4 Å². The van der Waals surface area contributed by atoms with E-state index in [1.165, 1.54) is 0 Å². The number of hydrogen-bond donors (Lipinski definition) is 1. The largest absolute Gasteiger partial charge is 0.327 e. The van der Waals surface area contributed by atoms with Crippen LogP contribution in [0.4, 0.5) is 17.2 Å². The highest BCUT2D eigenvalue weighted by molar-refractivity contribution is 7.10. The topological polar surface area (TPSA) is 45.2 Å². The minimum atomic E-state index is -0.0255. The fraction of sp³-hybridized carbons (Fsp3) is 0.158. The Morgan fingerprint density at radius 2 is 1.96 bits per heavy atom. The highest BCUT2D eigenvalue weighted by atomic mass is 32.1. The maximum absolute atomic E-state index is 12.0. The molecule has 1 amide bonds. The number of rotatable bonds is 6. The van der Waals surface area contributed by atoms with Gasteiger partial charge in [0.1, 0.15) is 5.82 Å². The Balaban J connectivity index is 1.67. The lowest BCUT2D eigenvalue weighted by atomic mass is 10.2. The predicted molar refractivity (Wildman–Crippen MR) is 100 cm³/mol. The van der Waals surface area contributed by atoms with Crippen molar-refractivity contribution >= 4 is 34.4 Å². The average Bonchev–Trinajstić information content (AvgIpc) is 3.11. The minimum absolute atomic E-state index is 0.0255. The first-order valence-corrected chi connectivity index (χ1v) is 8.75. The molecule has 0 atom stereocenters. The number of para-hydroxylation sites is 1. The number of carbonyl (C=O) groups is 1. The molecule has 1 N–H and O–H groups in total. The van der Waals surface area contributed by atoms with Crippen LogP contribution in [0.15, 0.2) is 66.2 Å². The van der Waals surface area contributed by atoms with Crippen LogP contribution in [0.1, 0.15) is 11.8 Å².